The van der Waals surface area contributed by atoms with Crippen LogP contribution in [0.4, 0.5) is 10.6 Å². The molecule has 7 nitrogen and oxygen atoms in total. The number of nitrogens with zero attached hydrogens (tertiary/aromatic N) is 4. The number of aromatic nitrogens is 3. The van der Waals surface area contributed by atoms with Crippen molar-refractivity contribution in [2.75, 3.05) is 31.1 Å². The number of anilines is 1. The molecule has 0 bridgehead atoms. The number of nitrogens with one attached hydrogen (secondary N) is 1. The quantitative estimate of drug-likeness (QED) is 0.856. The summed E-state index contributed by atoms with van der Waals surface area (Å²) < 4.78 is 5.41. The zero-order valence-corrected chi connectivity index (χ0v) is 14.7. The third-order valence-electron chi connectivity index (χ3n) is 4.43. The molecule has 1 amide bonds. The second-order valence-electron chi connectivity index (χ2n) is 7.82. The molecule has 0 saturated carbocycles. The number of hydrogen-bond acceptors (Lipinski definition) is 5. The van der Waals surface area contributed by atoms with Crippen LogP contribution in [0.5, 0.6) is 0 Å². The van der Waals surface area contributed by atoms with E-state index in [0.717, 1.165) is 43.0 Å². The van der Waals surface area contributed by atoms with Crippen LogP contribution in [-0.2, 0) is 4.74 Å². The first-order chi connectivity index (χ1) is 11.2. The Kier molecular flexibility index (Phi) is 3.22. The van der Waals surface area contributed by atoms with Crippen LogP contribution in [0.3, 0.4) is 0 Å². The van der Waals surface area contributed by atoms with E-state index in [0.29, 0.717) is 5.15 Å². The Morgan fingerprint density at radius 2 is 1.96 bits per heavy atom. The smallest absolute Gasteiger partial charge is 0.410 e. The number of H-pyrrole nitrogens is 1. The fourth-order valence-corrected chi connectivity index (χ4v) is 3.57. The van der Waals surface area contributed by atoms with E-state index in [1.165, 1.54) is 0 Å². The summed E-state index contributed by atoms with van der Waals surface area (Å²) in [5, 5.41) is 9.24. The lowest BCUT2D eigenvalue weighted by molar-refractivity contribution is -0.0454. The maximum absolute atomic E-state index is 12.0. The highest BCUT2D eigenvalue weighted by Crippen LogP contribution is 2.42. The number of rotatable bonds is 1. The molecule has 4 rings (SSSR count). The van der Waals surface area contributed by atoms with E-state index in [9.17, 15) is 4.79 Å². The number of amides is 1. The van der Waals surface area contributed by atoms with Gasteiger partial charge in [0.2, 0.25) is 0 Å². The number of ether oxygens (including phenoxy) is 1. The zero-order chi connectivity index (χ0) is 17.1. The van der Waals surface area contributed by atoms with Crippen molar-refractivity contribution >= 4 is 34.5 Å². The topological polar surface area (TPSA) is 74.3 Å². The summed E-state index contributed by atoms with van der Waals surface area (Å²) in [5.74, 6) is 1.02. The molecule has 128 valence electrons. The molecule has 1 spiro atoms. The minimum Gasteiger partial charge on any atom is -0.444 e. The second-order valence-corrected chi connectivity index (χ2v) is 8.21. The largest absolute Gasteiger partial charge is 0.444 e. The molecule has 2 fully saturated rings. The van der Waals surface area contributed by atoms with Gasteiger partial charge in [0.1, 0.15) is 11.4 Å². The Morgan fingerprint density at radius 3 is 2.62 bits per heavy atom. The lowest BCUT2D eigenvalue weighted by atomic mass is 9.73. The van der Waals surface area contributed by atoms with Crippen molar-refractivity contribution in [2.45, 2.75) is 26.4 Å². The molecule has 0 aromatic carbocycles. The van der Waals surface area contributed by atoms with E-state index >= 15 is 0 Å². The molecule has 1 N–H and O–H groups in total. The zero-order valence-electron chi connectivity index (χ0n) is 14.0. The Morgan fingerprint density at radius 1 is 1.25 bits per heavy atom. The molecule has 8 heteroatoms. The minimum absolute atomic E-state index is 0.192. The van der Waals surface area contributed by atoms with Crippen LogP contribution in [0.15, 0.2) is 12.1 Å². The number of likely N-dealkylation sites (tertiary alicyclic amines) is 1. The van der Waals surface area contributed by atoms with Crippen LogP contribution in [0, 0.1) is 5.41 Å². The first kappa shape index (κ1) is 15.5. The van der Waals surface area contributed by atoms with E-state index in [2.05, 4.69) is 20.1 Å². The molecule has 0 aliphatic carbocycles. The summed E-state index contributed by atoms with van der Waals surface area (Å²) in [4.78, 5) is 19.3. The van der Waals surface area contributed by atoms with Gasteiger partial charge in [0, 0.05) is 37.0 Å². The number of hydrogen-bond donors (Lipinski definition) is 1. The van der Waals surface area contributed by atoms with Crippen molar-refractivity contribution < 1.29 is 9.53 Å². The molecule has 24 heavy (non-hydrogen) atoms. The van der Waals surface area contributed by atoms with Crippen molar-refractivity contribution in [1.29, 1.82) is 0 Å². The number of fused-ring (bicyclic) bond motifs is 1. The molecular formula is C16H20ClN5O2. The third kappa shape index (κ3) is 2.66. The highest BCUT2D eigenvalue weighted by molar-refractivity contribution is 6.29. The second kappa shape index (κ2) is 4.99. The van der Waals surface area contributed by atoms with E-state index in [1.54, 1.807) is 11.0 Å². The molecule has 2 aliphatic rings. The Balaban J connectivity index is 1.36. The molecular weight excluding hydrogens is 330 g/mol. The number of halogens is 1. The molecule has 0 atom stereocenters. The molecule has 2 aliphatic heterocycles. The van der Waals surface area contributed by atoms with E-state index in [-0.39, 0.29) is 11.5 Å². The monoisotopic (exact) mass is 349 g/mol. The highest BCUT2D eigenvalue weighted by Gasteiger charge is 2.54. The summed E-state index contributed by atoms with van der Waals surface area (Å²) in [6.07, 6.45) is -0.220. The summed E-state index contributed by atoms with van der Waals surface area (Å²) in [6, 6.07) is 3.83. The fourth-order valence-electron chi connectivity index (χ4n) is 3.42. The molecule has 2 aromatic rings. The maximum atomic E-state index is 12.0. The third-order valence-corrected chi connectivity index (χ3v) is 4.61. The van der Waals surface area contributed by atoms with Crippen LogP contribution >= 0.6 is 11.6 Å². The number of carbonyl (C=O) groups is 1. The minimum atomic E-state index is -0.446. The average molecular weight is 350 g/mol. The van der Waals surface area contributed by atoms with Gasteiger partial charge in [-0.2, -0.15) is 0 Å². The Hall–Kier alpha value is -2.02. The van der Waals surface area contributed by atoms with Gasteiger partial charge in [-0.1, -0.05) is 11.6 Å². The van der Waals surface area contributed by atoms with E-state index in [4.69, 9.17) is 16.3 Å². The predicted molar refractivity (Wildman–Crippen MR) is 91.4 cm³/mol. The summed E-state index contributed by atoms with van der Waals surface area (Å²) in [5.41, 5.74) is 0.481. The first-order valence-electron chi connectivity index (χ1n) is 7.98. The molecule has 0 unspecified atom stereocenters. The van der Waals surface area contributed by atoms with Gasteiger partial charge < -0.3 is 19.5 Å². The van der Waals surface area contributed by atoms with Crippen molar-refractivity contribution in [3.05, 3.63) is 17.3 Å². The van der Waals surface area contributed by atoms with Gasteiger partial charge in [-0.3, -0.25) is 0 Å². The van der Waals surface area contributed by atoms with Gasteiger partial charge in [-0.25, -0.2) is 4.79 Å². The number of carbonyl (C=O) groups excluding carboxylic acids is 1. The van der Waals surface area contributed by atoms with Crippen LogP contribution in [0.2, 0.25) is 5.15 Å². The van der Waals surface area contributed by atoms with Crippen LogP contribution in [0.1, 0.15) is 20.8 Å². The average Bonchev–Trinajstić information content (AvgIpc) is 2.75. The van der Waals surface area contributed by atoms with Crippen LogP contribution < -0.4 is 4.90 Å². The van der Waals surface area contributed by atoms with Gasteiger partial charge >= 0.3 is 6.09 Å². The van der Waals surface area contributed by atoms with Crippen molar-refractivity contribution in [2.24, 2.45) is 5.41 Å². The Bertz CT molecular complexity index is 798. The van der Waals surface area contributed by atoms with Gasteiger partial charge in [-0.15, -0.1) is 10.2 Å². The van der Waals surface area contributed by atoms with Gasteiger partial charge in [0.05, 0.1) is 0 Å². The van der Waals surface area contributed by atoms with Crippen molar-refractivity contribution in [1.82, 2.24) is 20.1 Å². The molecule has 2 aromatic heterocycles. The van der Waals surface area contributed by atoms with Gasteiger partial charge in [-0.05, 0) is 32.9 Å². The molecule has 0 radical (unpaired) electrons. The lowest BCUT2D eigenvalue weighted by Gasteiger charge is -2.60. The normalized spacial score (nSPS) is 19.3. The van der Waals surface area contributed by atoms with Gasteiger partial charge in [0.15, 0.2) is 10.8 Å². The standard InChI is InChI=1S/C16H20ClN5O2/c1-15(2,3)24-14(23)22-8-16(9-22)6-21(7-16)12-5-10-4-11(17)19-20-13(10)18-12/h4-5H,6-9H2,1-3H3,(H,18,20). The number of aromatic amines is 1. The fraction of sp³-hybridized carbons (Fsp3) is 0.562. The summed E-state index contributed by atoms with van der Waals surface area (Å²) >= 11 is 5.87. The lowest BCUT2D eigenvalue weighted by Crippen LogP contribution is -2.73. The van der Waals surface area contributed by atoms with E-state index in [1.807, 2.05) is 26.8 Å². The molecule has 2 saturated heterocycles. The van der Waals surface area contributed by atoms with Crippen molar-refractivity contribution in [3.8, 4) is 0 Å². The van der Waals surface area contributed by atoms with Gasteiger partial charge in [0.25, 0.3) is 0 Å². The summed E-state index contributed by atoms with van der Waals surface area (Å²) in [6.45, 7) is 9.00. The maximum Gasteiger partial charge on any atom is 0.410 e. The predicted octanol–water partition coefficient (Wildman–Crippen LogP) is 2.67. The SMILES string of the molecule is CC(C)(C)OC(=O)N1CC2(C1)CN(c1cc3cc(Cl)nnc3[nH]1)C2. The van der Waals surface area contributed by atoms with Crippen molar-refractivity contribution in [3.63, 3.8) is 0 Å². The van der Waals surface area contributed by atoms with E-state index < -0.39 is 5.60 Å². The first-order valence-corrected chi connectivity index (χ1v) is 8.36. The highest BCUT2D eigenvalue weighted by atomic mass is 35.5. The van der Waals surface area contributed by atoms with Crippen LogP contribution in [-0.4, -0.2) is 58.0 Å². The Labute approximate surface area is 144 Å². The van der Waals surface area contributed by atoms with Crippen LogP contribution in [0.25, 0.3) is 11.0 Å². The molecule has 4 heterocycles. The summed E-state index contributed by atoms with van der Waals surface area (Å²) in [7, 11) is 0.